The van der Waals surface area contributed by atoms with Gasteiger partial charge in [-0.25, -0.2) is 0 Å². The number of ether oxygens (including phenoxy) is 5. The predicted molar refractivity (Wildman–Crippen MR) is 244 cm³/mol. The second-order valence-electron chi connectivity index (χ2n) is 19.3. The van der Waals surface area contributed by atoms with Gasteiger partial charge >= 0.3 is 5.97 Å². The van der Waals surface area contributed by atoms with Gasteiger partial charge in [0, 0.05) is 57.9 Å². The van der Waals surface area contributed by atoms with Gasteiger partial charge in [0.25, 0.3) is 0 Å². The molecule has 4 heterocycles. The molecular formula is C48H98N4O6. The molecule has 0 aromatic heterocycles. The van der Waals surface area contributed by atoms with Crippen LogP contribution in [0.2, 0.25) is 0 Å². The molecule has 0 aliphatic carbocycles. The number of likely N-dealkylation sites (tertiary alicyclic amines) is 3. The summed E-state index contributed by atoms with van der Waals surface area (Å²) in [5, 5.41) is 0. The van der Waals surface area contributed by atoms with Crippen LogP contribution in [0.4, 0.5) is 0 Å². The molecule has 0 aromatic carbocycles. The van der Waals surface area contributed by atoms with Crippen molar-refractivity contribution in [2.75, 3.05) is 91.8 Å². The quantitative estimate of drug-likeness (QED) is 0.0930. The van der Waals surface area contributed by atoms with Crippen LogP contribution in [-0.2, 0) is 28.5 Å². The molecule has 4 aliphatic rings. The molecular weight excluding hydrogens is 729 g/mol. The second kappa shape index (κ2) is 32.8. The maximum Gasteiger partial charge on any atom is 0.306 e. The van der Waals surface area contributed by atoms with Crippen molar-refractivity contribution >= 4 is 5.97 Å². The fraction of sp³-hybridized carbons (Fsp3) is 0.979. The van der Waals surface area contributed by atoms with Gasteiger partial charge in [-0.1, -0.05) is 19.8 Å². The number of hydrogen-bond donors (Lipinski definition) is 0. The van der Waals surface area contributed by atoms with Gasteiger partial charge in [-0.3, -0.25) is 14.6 Å². The van der Waals surface area contributed by atoms with E-state index in [1.807, 2.05) is 13.8 Å². The lowest BCUT2D eigenvalue weighted by atomic mass is 9.90. The fourth-order valence-corrected chi connectivity index (χ4v) is 8.04. The van der Waals surface area contributed by atoms with Crippen molar-refractivity contribution in [3.63, 3.8) is 0 Å². The lowest BCUT2D eigenvalue weighted by Crippen LogP contribution is -2.47. The molecule has 10 nitrogen and oxygen atoms in total. The van der Waals surface area contributed by atoms with Gasteiger partial charge in [0.2, 0.25) is 0 Å². The molecule has 10 heteroatoms. The van der Waals surface area contributed by atoms with Gasteiger partial charge in [-0.15, -0.1) is 0 Å². The first-order valence-electron chi connectivity index (χ1n) is 24.1. The molecule has 0 bridgehead atoms. The zero-order valence-corrected chi connectivity index (χ0v) is 40.7. The Hall–Kier alpha value is -0.850. The number of esters is 1. The normalized spacial score (nSPS) is 22.6. The minimum Gasteiger partial charge on any atom is -0.463 e. The largest absolute Gasteiger partial charge is 0.463 e. The van der Waals surface area contributed by atoms with E-state index in [-0.39, 0.29) is 12.1 Å². The minimum absolute atomic E-state index is 0.0208. The molecule has 58 heavy (non-hydrogen) atoms. The molecule has 0 radical (unpaired) electrons. The van der Waals surface area contributed by atoms with E-state index in [4.69, 9.17) is 23.7 Å². The molecule has 2 atom stereocenters. The molecule has 4 fully saturated rings. The van der Waals surface area contributed by atoms with Crippen LogP contribution in [0.5, 0.6) is 0 Å². The summed E-state index contributed by atoms with van der Waals surface area (Å²) in [6, 6.07) is 0. The summed E-state index contributed by atoms with van der Waals surface area (Å²) in [5.74, 6) is 0.889. The van der Waals surface area contributed by atoms with Crippen molar-refractivity contribution in [3.05, 3.63) is 0 Å². The third-order valence-corrected chi connectivity index (χ3v) is 11.3. The minimum atomic E-state index is -0.0537. The highest BCUT2D eigenvalue weighted by Gasteiger charge is 2.28. The number of morpholine rings is 1. The first kappa shape index (κ1) is 55.2. The van der Waals surface area contributed by atoms with Crippen molar-refractivity contribution in [2.45, 2.75) is 209 Å². The first-order valence-corrected chi connectivity index (χ1v) is 24.1. The van der Waals surface area contributed by atoms with E-state index >= 15 is 0 Å². The molecule has 0 saturated carbocycles. The molecule has 4 rings (SSSR count). The summed E-state index contributed by atoms with van der Waals surface area (Å²) in [7, 11) is 0. The van der Waals surface area contributed by atoms with Crippen LogP contribution in [0.15, 0.2) is 0 Å². The van der Waals surface area contributed by atoms with Crippen molar-refractivity contribution < 1.29 is 28.5 Å². The average Bonchev–Trinajstić information content (AvgIpc) is 3.13. The Bertz CT molecular complexity index is 958. The Labute approximate surface area is 360 Å². The van der Waals surface area contributed by atoms with Crippen molar-refractivity contribution in [2.24, 2.45) is 5.92 Å². The highest BCUT2D eigenvalue weighted by Crippen LogP contribution is 2.27. The number of rotatable bonds is 19. The lowest BCUT2D eigenvalue weighted by molar-refractivity contribution is -0.147. The molecule has 0 N–H and O–H groups in total. The van der Waals surface area contributed by atoms with Crippen LogP contribution in [-0.4, -0.2) is 160 Å². The van der Waals surface area contributed by atoms with Crippen LogP contribution in [0.25, 0.3) is 0 Å². The molecule has 0 aromatic rings. The Morgan fingerprint density at radius 1 is 0.586 bits per heavy atom. The first-order chi connectivity index (χ1) is 27.5. The SMILES string of the molecule is CC(C)OC(=O)CCCN1CCCCC1.CC(C)OCCCN1CCCCC1(C)C.CC(C)OCCN1C[C@@H](C)O[C@@H](C)C1.CC1CCN(CCCOC(C)C)CC1. The maximum atomic E-state index is 11.3. The third kappa shape index (κ3) is 30.2. The number of piperidine rings is 3. The van der Waals surface area contributed by atoms with Gasteiger partial charge in [0.05, 0.1) is 43.2 Å². The summed E-state index contributed by atoms with van der Waals surface area (Å²) in [6.45, 7) is 43.2. The average molecular weight is 827 g/mol. The second-order valence-corrected chi connectivity index (χ2v) is 19.3. The van der Waals surface area contributed by atoms with Crippen LogP contribution in [0, 0.1) is 5.92 Å². The lowest BCUT2D eigenvalue weighted by Gasteiger charge is -2.42. The highest BCUT2D eigenvalue weighted by molar-refractivity contribution is 5.69. The van der Waals surface area contributed by atoms with Crippen LogP contribution < -0.4 is 0 Å². The van der Waals surface area contributed by atoms with Gasteiger partial charge < -0.3 is 33.5 Å². The van der Waals surface area contributed by atoms with Gasteiger partial charge in [0.1, 0.15) is 0 Å². The smallest absolute Gasteiger partial charge is 0.306 e. The van der Waals surface area contributed by atoms with Gasteiger partial charge in [0.15, 0.2) is 0 Å². The van der Waals surface area contributed by atoms with Gasteiger partial charge in [-0.05, 0) is 186 Å². The summed E-state index contributed by atoms with van der Waals surface area (Å²) < 4.78 is 27.4. The number of hydrogen-bond acceptors (Lipinski definition) is 10. The van der Waals surface area contributed by atoms with Crippen molar-refractivity contribution in [1.82, 2.24) is 19.6 Å². The number of carbonyl (C=O) groups excluding carboxylic acids is 1. The van der Waals surface area contributed by atoms with Crippen molar-refractivity contribution in [1.29, 1.82) is 0 Å². The van der Waals surface area contributed by atoms with Gasteiger partial charge in [-0.2, -0.15) is 0 Å². The Morgan fingerprint density at radius 2 is 1.09 bits per heavy atom. The summed E-state index contributed by atoms with van der Waals surface area (Å²) in [6.07, 6.45) is 16.6. The highest BCUT2D eigenvalue weighted by atomic mass is 16.5. The zero-order valence-electron chi connectivity index (χ0n) is 40.7. The maximum absolute atomic E-state index is 11.3. The molecule has 0 amide bonds. The zero-order chi connectivity index (χ0) is 43.3. The predicted octanol–water partition coefficient (Wildman–Crippen LogP) is 9.32. The van der Waals surface area contributed by atoms with E-state index < -0.39 is 0 Å². The number of carbonyl (C=O) groups is 1. The summed E-state index contributed by atoms with van der Waals surface area (Å²) in [4.78, 5) is 21.3. The Morgan fingerprint density at radius 3 is 1.62 bits per heavy atom. The summed E-state index contributed by atoms with van der Waals surface area (Å²) in [5.41, 5.74) is 0.413. The van der Waals surface area contributed by atoms with Crippen LogP contribution >= 0.6 is 0 Å². The van der Waals surface area contributed by atoms with E-state index in [1.165, 1.54) is 110 Å². The van der Waals surface area contributed by atoms with E-state index in [2.05, 4.69) is 95.8 Å². The Balaban J connectivity index is 0.000000387. The molecule has 346 valence electrons. The monoisotopic (exact) mass is 827 g/mol. The topological polar surface area (TPSA) is 76.2 Å². The van der Waals surface area contributed by atoms with Crippen molar-refractivity contribution in [3.8, 4) is 0 Å². The molecule has 0 spiro atoms. The molecule has 0 unspecified atom stereocenters. The standard InChI is InChI=1S/C13H27NO.C12H23NO2.C12H25NO.C11H23NO2/c1-12(2)15-11-7-10-14-9-6-5-8-13(14,3)4;1-11(2)15-12(14)7-6-10-13-8-4-3-5-9-13;1-11(2)14-10-4-7-13-8-5-12(3)6-9-13;1-9(2)13-6-5-12-7-10(3)14-11(4)8-12/h12H,5-11H2,1-4H3;11H,3-10H2,1-2H3;11-12H,4-10H2,1-3H3;9-11H,5-8H2,1-4H3/t;;;10-,11+. The summed E-state index contributed by atoms with van der Waals surface area (Å²) >= 11 is 0. The molecule has 4 aliphatic heterocycles. The number of nitrogens with zero attached hydrogens (tertiary/aromatic N) is 4. The van der Waals surface area contributed by atoms with E-state index in [1.54, 1.807) is 0 Å². The third-order valence-electron chi connectivity index (χ3n) is 11.3. The Kier molecular flexibility index (Phi) is 31.2. The van der Waals surface area contributed by atoms with E-state index in [0.717, 1.165) is 58.3 Å². The fourth-order valence-electron chi connectivity index (χ4n) is 8.04. The van der Waals surface area contributed by atoms with Crippen LogP contribution in [0.1, 0.15) is 167 Å². The van der Waals surface area contributed by atoms with Crippen LogP contribution in [0.3, 0.4) is 0 Å². The van der Waals surface area contributed by atoms with E-state index in [9.17, 15) is 4.79 Å². The van der Waals surface area contributed by atoms with E-state index in [0.29, 0.717) is 42.5 Å². The molecule has 4 saturated heterocycles.